The first-order valence-electron chi connectivity index (χ1n) is 12.7. The second-order valence-corrected chi connectivity index (χ2v) is 9.90. The molecule has 0 radical (unpaired) electrons. The van der Waals surface area contributed by atoms with Gasteiger partial charge >= 0.3 is 0 Å². The monoisotopic (exact) mass is 572 g/mol. The van der Waals surface area contributed by atoms with E-state index in [4.69, 9.17) is 37.4 Å². The van der Waals surface area contributed by atoms with Crippen LogP contribution in [0.15, 0.2) is 66.7 Å². The second kappa shape index (κ2) is 14.7. The highest BCUT2D eigenvalue weighted by Gasteiger charge is 2.32. The minimum atomic E-state index is -0.843. The van der Waals surface area contributed by atoms with E-state index in [-0.39, 0.29) is 25.1 Å². The van der Waals surface area contributed by atoms with Gasteiger partial charge in [-0.05, 0) is 31.0 Å². The zero-order chi connectivity index (χ0) is 28.4. The Hall–Kier alpha value is -3.42. The third kappa shape index (κ3) is 8.53. The molecule has 7 nitrogen and oxygen atoms in total. The molecule has 0 saturated heterocycles. The van der Waals surface area contributed by atoms with Crippen LogP contribution in [0.25, 0.3) is 0 Å². The number of methoxy groups -OCH3 is 2. The summed E-state index contributed by atoms with van der Waals surface area (Å²) in [6.45, 7) is 3.60. The van der Waals surface area contributed by atoms with Crippen molar-refractivity contribution in [2.75, 3.05) is 20.8 Å². The number of nitrogens with zero attached hydrogens (tertiary/aromatic N) is 1. The number of ether oxygens (including phenoxy) is 3. The number of hydrogen-bond acceptors (Lipinski definition) is 5. The zero-order valence-corrected chi connectivity index (χ0v) is 24.1. The molecule has 1 N–H and O–H groups in total. The lowest BCUT2D eigenvalue weighted by Gasteiger charge is -2.32. The molecule has 39 heavy (non-hydrogen) atoms. The summed E-state index contributed by atoms with van der Waals surface area (Å²) in [5.74, 6) is 0.748. The van der Waals surface area contributed by atoms with Gasteiger partial charge in [0.05, 0.1) is 14.2 Å². The van der Waals surface area contributed by atoms with E-state index in [0.29, 0.717) is 39.3 Å². The first-order chi connectivity index (χ1) is 18.7. The van der Waals surface area contributed by atoms with Crippen molar-refractivity contribution in [3.8, 4) is 17.2 Å². The van der Waals surface area contributed by atoms with E-state index in [9.17, 15) is 9.59 Å². The Morgan fingerprint density at radius 2 is 1.49 bits per heavy atom. The zero-order valence-electron chi connectivity index (χ0n) is 22.6. The minimum Gasteiger partial charge on any atom is -0.496 e. The highest BCUT2D eigenvalue weighted by Crippen LogP contribution is 2.29. The number of halogens is 2. The average Bonchev–Trinajstić information content (AvgIpc) is 2.95. The number of amides is 2. The average molecular weight is 574 g/mol. The maximum atomic E-state index is 13.8. The van der Waals surface area contributed by atoms with Crippen molar-refractivity contribution < 1.29 is 23.8 Å². The molecule has 2 amide bonds. The Morgan fingerprint density at radius 3 is 2.05 bits per heavy atom. The quantitative estimate of drug-likeness (QED) is 0.274. The maximum absolute atomic E-state index is 13.8. The molecule has 208 valence electrons. The summed E-state index contributed by atoms with van der Waals surface area (Å²) in [4.78, 5) is 28.9. The maximum Gasteiger partial charge on any atom is 0.261 e. The van der Waals surface area contributed by atoms with Crippen LogP contribution in [0.4, 0.5) is 0 Å². The molecule has 0 unspecified atom stereocenters. The van der Waals surface area contributed by atoms with E-state index in [1.807, 2.05) is 44.2 Å². The summed E-state index contributed by atoms with van der Waals surface area (Å²) >= 11 is 13.0. The topological polar surface area (TPSA) is 77.1 Å². The van der Waals surface area contributed by atoms with Gasteiger partial charge in [0.15, 0.2) is 6.61 Å². The third-order valence-corrected chi connectivity index (χ3v) is 7.06. The van der Waals surface area contributed by atoms with E-state index in [0.717, 1.165) is 12.0 Å². The van der Waals surface area contributed by atoms with Crippen LogP contribution in [-0.4, -0.2) is 49.6 Å². The van der Waals surface area contributed by atoms with Gasteiger partial charge in [-0.15, -0.1) is 0 Å². The molecule has 0 fully saturated rings. The first-order valence-corrected chi connectivity index (χ1v) is 13.4. The van der Waals surface area contributed by atoms with E-state index >= 15 is 0 Å². The molecule has 0 aromatic heterocycles. The highest BCUT2D eigenvalue weighted by atomic mass is 35.5. The SMILES string of the molecule is CC[C@H](C)NC(=O)[C@H](Cc1ccccc1)N(Cc1c(Cl)cccc1Cl)C(=O)COc1cc(OC)cc(OC)c1. The summed E-state index contributed by atoms with van der Waals surface area (Å²) < 4.78 is 16.5. The normalized spacial score (nSPS) is 12.3. The van der Waals surface area contributed by atoms with Crippen LogP contribution < -0.4 is 19.5 Å². The predicted octanol–water partition coefficient (Wildman–Crippen LogP) is 5.94. The van der Waals surface area contributed by atoms with Gasteiger partial charge in [-0.25, -0.2) is 0 Å². The minimum absolute atomic E-state index is 0.0214. The molecule has 0 saturated carbocycles. The number of carbonyl (C=O) groups is 2. The predicted molar refractivity (Wildman–Crippen MR) is 154 cm³/mol. The molecule has 3 aromatic rings. The van der Waals surface area contributed by atoms with Crippen molar-refractivity contribution in [3.63, 3.8) is 0 Å². The molecule has 2 atom stereocenters. The van der Waals surface area contributed by atoms with Gasteiger partial charge in [-0.2, -0.15) is 0 Å². The van der Waals surface area contributed by atoms with Gasteiger partial charge in [0.25, 0.3) is 5.91 Å². The molecule has 0 aliphatic heterocycles. The van der Waals surface area contributed by atoms with Crippen LogP contribution in [0.3, 0.4) is 0 Å². The molecule has 3 aromatic carbocycles. The van der Waals surface area contributed by atoms with Gasteiger partial charge in [-0.3, -0.25) is 9.59 Å². The summed E-state index contributed by atoms with van der Waals surface area (Å²) in [6, 6.07) is 18.8. The largest absolute Gasteiger partial charge is 0.496 e. The van der Waals surface area contributed by atoms with Gasteiger partial charge < -0.3 is 24.4 Å². The number of rotatable bonds is 13. The highest BCUT2D eigenvalue weighted by molar-refractivity contribution is 6.36. The van der Waals surface area contributed by atoms with Crippen LogP contribution in [0, 0.1) is 0 Å². The standard InChI is InChI=1S/C30H34Cl2N2O5/c1-5-20(2)33-30(36)28(14-21-10-7-6-8-11-21)34(18-25-26(31)12-9-13-27(25)32)29(35)19-39-24-16-22(37-3)15-23(17-24)38-4/h6-13,15-17,20,28H,5,14,18-19H2,1-4H3,(H,33,36)/t20-,28-/m0/s1. The van der Waals surface area contributed by atoms with Crippen LogP contribution in [-0.2, 0) is 22.6 Å². The molecule has 3 rings (SSSR count). The summed E-state index contributed by atoms with van der Waals surface area (Å²) in [7, 11) is 3.06. The van der Waals surface area contributed by atoms with Crippen molar-refractivity contribution >= 4 is 35.0 Å². The van der Waals surface area contributed by atoms with Crippen LogP contribution in [0.2, 0.25) is 10.0 Å². The smallest absolute Gasteiger partial charge is 0.261 e. The van der Waals surface area contributed by atoms with E-state index in [1.165, 1.54) is 19.1 Å². The molecular weight excluding hydrogens is 539 g/mol. The molecule has 0 aliphatic rings. The molecular formula is C30H34Cl2N2O5. The number of hydrogen-bond donors (Lipinski definition) is 1. The Kier molecular flexibility index (Phi) is 11.3. The Bertz CT molecular complexity index is 1210. The van der Waals surface area contributed by atoms with Gasteiger partial charge in [0.1, 0.15) is 23.3 Å². The van der Waals surface area contributed by atoms with Gasteiger partial charge in [-0.1, -0.05) is 66.5 Å². The van der Waals surface area contributed by atoms with Crippen LogP contribution in [0.1, 0.15) is 31.4 Å². The lowest BCUT2D eigenvalue weighted by molar-refractivity contribution is -0.143. The summed E-state index contributed by atoms with van der Waals surface area (Å²) in [5.41, 5.74) is 1.45. The number of benzene rings is 3. The fourth-order valence-corrected chi connectivity index (χ4v) is 4.46. The van der Waals surface area contributed by atoms with Crippen molar-refractivity contribution in [1.29, 1.82) is 0 Å². The second-order valence-electron chi connectivity index (χ2n) is 9.08. The van der Waals surface area contributed by atoms with E-state index in [2.05, 4.69) is 5.32 Å². The number of carbonyl (C=O) groups excluding carboxylic acids is 2. The van der Waals surface area contributed by atoms with Crippen LogP contribution in [0.5, 0.6) is 17.2 Å². The molecule has 9 heteroatoms. The molecule has 0 aliphatic carbocycles. The molecule has 0 spiro atoms. The first kappa shape index (κ1) is 30.1. The van der Waals surface area contributed by atoms with Gasteiger partial charge in [0.2, 0.25) is 5.91 Å². The molecule has 0 bridgehead atoms. The summed E-state index contributed by atoms with van der Waals surface area (Å²) in [5, 5.41) is 3.84. The van der Waals surface area contributed by atoms with Gasteiger partial charge in [0, 0.05) is 52.8 Å². The Balaban J connectivity index is 1.98. The summed E-state index contributed by atoms with van der Waals surface area (Å²) in [6.07, 6.45) is 1.04. The Labute approximate surface area is 240 Å². The van der Waals surface area contributed by atoms with E-state index < -0.39 is 11.9 Å². The van der Waals surface area contributed by atoms with Crippen molar-refractivity contribution in [1.82, 2.24) is 10.2 Å². The Morgan fingerprint density at radius 1 is 0.897 bits per heavy atom. The van der Waals surface area contributed by atoms with Crippen molar-refractivity contribution in [2.45, 2.75) is 45.3 Å². The third-order valence-electron chi connectivity index (χ3n) is 6.35. The van der Waals surface area contributed by atoms with Crippen molar-refractivity contribution in [3.05, 3.63) is 87.9 Å². The lowest BCUT2D eigenvalue weighted by Crippen LogP contribution is -2.53. The fourth-order valence-electron chi connectivity index (χ4n) is 3.94. The fraction of sp³-hybridized carbons (Fsp3) is 0.333. The number of nitrogens with one attached hydrogen (secondary N) is 1. The van der Waals surface area contributed by atoms with Crippen molar-refractivity contribution in [2.24, 2.45) is 0 Å². The lowest BCUT2D eigenvalue weighted by atomic mass is 10.0. The van der Waals surface area contributed by atoms with Crippen LogP contribution >= 0.6 is 23.2 Å². The molecule has 0 heterocycles. The van der Waals surface area contributed by atoms with E-state index in [1.54, 1.807) is 36.4 Å².